The van der Waals surface area contributed by atoms with Gasteiger partial charge in [-0.15, -0.1) is 0 Å². The summed E-state index contributed by atoms with van der Waals surface area (Å²) in [6.45, 7) is 3.66. The number of carbonyl (C=O) groups is 2. The molecule has 0 radical (unpaired) electrons. The fourth-order valence-electron chi connectivity index (χ4n) is 5.99. The quantitative estimate of drug-likeness (QED) is 0.622. The Kier molecular flexibility index (Phi) is 7.72. The van der Waals surface area contributed by atoms with Crippen LogP contribution < -0.4 is 5.32 Å². The molecule has 180 valence electrons. The lowest BCUT2D eigenvalue weighted by Gasteiger charge is -2.46. The lowest BCUT2D eigenvalue weighted by molar-refractivity contribution is -0.187. The molecular weight excluding hydrogens is 433 g/mol. The maximum Gasteiger partial charge on any atom is 0.391 e. The molecule has 4 unspecified atom stereocenters. The number of carbonyl (C=O) groups excluding carboxylic acids is 2. The van der Waals surface area contributed by atoms with E-state index >= 15 is 0 Å². The highest BCUT2D eigenvalue weighted by Crippen LogP contribution is 2.47. The van der Waals surface area contributed by atoms with Crippen LogP contribution in [0.4, 0.5) is 13.2 Å². The summed E-state index contributed by atoms with van der Waals surface area (Å²) in [7, 11) is 0. The minimum atomic E-state index is -4.34. The van der Waals surface area contributed by atoms with Crippen molar-refractivity contribution in [2.24, 2.45) is 29.6 Å². The van der Waals surface area contributed by atoms with Crippen LogP contribution in [-0.4, -0.2) is 35.5 Å². The van der Waals surface area contributed by atoms with Gasteiger partial charge in [-0.3, -0.25) is 9.59 Å². The van der Waals surface area contributed by atoms with Crippen molar-refractivity contribution in [3.8, 4) is 12.1 Å². The van der Waals surface area contributed by atoms with Gasteiger partial charge in [0.05, 0.1) is 23.6 Å². The summed E-state index contributed by atoms with van der Waals surface area (Å²) < 4.78 is 40.3. The van der Waals surface area contributed by atoms with Crippen LogP contribution in [0.3, 0.4) is 0 Å². The fourth-order valence-corrected chi connectivity index (χ4v) is 5.99. The predicted molar refractivity (Wildman–Crippen MR) is 114 cm³/mol. The van der Waals surface area contributed by atoms with Gasteiger partial charge in [0.25, 0.3) is 0 Å². The van der Waals surface area contributed by atoms with Crippen molar-refractivity contribution in [3.05, 3.63) is 11.3 Å². The van der Waals surface area contributed by atoms with Crippen molar-refractivity contribution in [1.29, 1.82) is 10.5 Å². The molecule has 1 N–H and O–H groups in total. The molecule has 0 bridgehead atoms. The van der Waals surface area contributed by atoms with E-state index in [4.69, 9.17) is 0 Å². The molecule has 2 amide bonds. The third-order valence-electron chi connectivity index (χ3n) is 7.64. The van der Waals surface area contributed by atoms with Gasteiger partial charge in [-0.2, -0.15) is 23.7 Å². The number of halogens is 3. The van der Waals surface area contributed by atoms with Gasteiger partial charge in [-0.05, 0) is 64.7 Å². The average molecular weight is 465 g/mol. The monoisotopic (exact) mass is 464 g/mol. The van der Waals surface area contributed by atoms with Crippen molar-refractivity contribution in [1.82, 2.24) is 10.2 Å². The second-order valence-corrected chi connectivity index (χ2v) is 9.52. The topological polar surface area (TPSA) is 97.0 Å². The fraction of sp³-hybridized carbons (Fsp3) is 0.750. The SMILES string of the molecule is CCNC(=O)C1C(=O)N(C2CCCC(C(F)(F)F)C2)C(C)=C(C#N)C1C1CCC(C#N)CC1. The summed E-state index contributed by atoms with van der Waals surface area (Å²) in [5.74, 6) is -4.42. The Morgan fingerprint density at radius 2 is 1.82 bits per heavy atom. The van der Waals surface area contributed by atoms with Crippen LogP contribution in [-0.2, 0) is 9.59 Å². The van der Waals surface area contributed by atoms with E-state index in [2.05, 4.69) is 17.5 Å². The summed E-state index contributed by atoms with van der Waals surface area (Å²) >= 11 is 0. The number of nitrogens with one attached hydrogen (secondary N) is 1. The standard InChI is InChI=1S/C24H31F3N4O2/c1-3-30-22(32)21-20(16-9-7-15(12-28)8-10-16)19(13-29)14(2)31(23(21)33)18-6-4-5-17(11-18)24(25,26)27/h15-18,20-21H,3-11H2,1-2H3,(H,30,32). The lowest BCUT2D eigenvalue weighted by Crippen LogP contribution is -2.56. The van der Waals surface area contributed by atoms with Crippen LogP contribution in [0.1, 0.15) is 65.2 Å². The molecule has 0 aromatic heterocycles. The molecule has 3 rings (SSSR count). The van der Waals surface area contributed by atoms with Crippen molar-refractivity contribution >= 4 is 11.8 Å². The van der Waals surface area contributed by atoms with Crippen molar-refractivity contribution in [2.45, 2.75) is 77.4 Å². The van der Waals surface area contributed by atoms with E-state index in [-0.39, 0.29) is 24.7 Å². The Morgan fingerprint density at radius 1 is 1.15 bits per heavy atom. The van der Waals surface area contributed by atoms with E-state index in [1.54, 1.807) is 13.8 Å². The first kappa shape index (κ1) is 25.1. The van der Waals surface area contributed by atoms with E-state index in [0.717, 1.165) is 0 Å². The third-order valence-corrected chi connectivity index (χ3v) is 7.64. The lowest BCUT2D eigenvalue weighted by atomic mass is 9.66. The molecule has 2 aliphatic carbocycles. The number of hydrogen-bond donors (Lipinski definition) is 1. The Hall–Kier alpha value is -2.55. The molecule has 33 heavy (non-hydrogen) atoms. The van der Waals surface area contributed by atoms with Crippen molar-refractivity contribution < 1.29 is 22.8 Å². The number of alkyl halides is 3. The number of nitriles is 2. The Bertz CT molecular complexity index is 878. The Labute approximate surface area is 192 Å². The highest BCUT2D eigenvalue weighted by atomic mass is 19.4. The van der Waals surface area contributed by atoms with Gasteiger partial charge in [0.15, 0.2) is 0 Å². The largest absolute Gasteiger partial charge is 0.391 e. The van der Waals surface area contributed by atoms with Crippen molar-refractivity contribution in [3.63, 3.8) is 0 Å². The van der Waals surface area contributed by atoms with Gasteiger partial charge in [0, 0.05) is 30.1 Å². The molecule has 2 fully saturated rings. The van der Waals surface area contributed by atoms with Gasteiger partial charge in [0.1, 0.15) is 5.92 Å². The van der Waals surface area contributed by atoms with E-state index in [1.165, 1.54) is 4.90 Å². The smallest absolute Gasteiger partial charge is 0.356 e. The van der Waals surface area contributed by atoms with E-state index in [9.17, 15) is 33.3 Å². The number of amides is 2. The summed E-state index contributed by atoms with van der Waals surface area (Å²) in [5, 5.41) is 22.0. The molecular formula is C24H31F3N4O2. The molecule has 3 aliphatic rings. The summed E-state index contributed by atoms with van der Waals surface area (Å²) in [6, 6.07) is 3.78. The van der Waals surface area contributed by atoms with E-state index in [1.807, 2.05) is 0 Å². The molecule has 0 spiro atoms. The Balaban J connectivity index is 2.00. The van der Waals surface area contributed by atoms with Gasteiger partial charge < -0.3 is 10.2 Å². The third kappa shape index (κ3) is 5.03. The van der Waals surface area contributed by atoms with Crippen LogP contribution in [0.2, 0.25) is 0 Å². The minimum Gasteiger partial charge on any atom is -0.356 e. The molecule has 4 atom stereocenters. The molecule has 0 aromatic rings. The molecule has 2 saturated carbocycles. The predicted octanol–water partition coefficient (Wildman–Crippen LogP) is 4.45. The average Bonchev–Trinajstić information content (AvgIpc) is 2.78. The molecule has 1 aliphatic heterocycles. The summed E-state index contributed by atoms with van der Waals surface area (Å²) in [4.78, 5) is 28.1. The summed E-state index contributed by atoms with van der Waals surface area (Å²) in [6.07, 6.45) is -1.24. The summed E-state index contributed by atoms with van der Waals surface area (Å²) in [5.41, 5.74) is 0.698. The zero-order valence-corrected chi connectivity index (χ0v) is 19.1. The van der Waals surface area contributed by atoms with Gasteiger partial charge in [-0.25, -0.2) is 0 Å². The first-order valence-electron chi connectivity index (χ1n) is 11.8. The highest BCUT2D eigenvalue weighted by molar-refractivity contribution is 6.03. The first-order chi connectivity index (χ1) is 15.6. The van der Waals surface area contributed by atoms with Crippen LogP contribution in [0.5, 0.6) is 0 Å². The van der Waals surface area contributed by atoms with Crippen LogP contribution >= 0.6 is 0 Å². The normalized spacial score (nSPS) is 33.3. The minimum absolute atomic E-state index is 0.0282. The number of nitrogens with zero attached hydrogens (tertiary/aromatic N) is 3. The van der Waals surface area contributed by atoms with Crippen LogP contribution in [0.25, 0.3) is 0 Å². The maximum atomic E-state index is 13.7. The van der Waals surface area contributed by atoms with Crippen molar-refractivity contribution in [2.75, 3.05) is 6.54 Å². The van der Waals surface area contributed by atoms with Gasteiger partial charge in [0.2, 0.25) is 11.8 Å². The van der Waals surface area contributed by atoms with Gasteiger partial charge >= 0.3 is 6.18 Å². The number of allylic oxidation sites excluding steroid dienone is 2. The zero-order chi connectivity index (χ0) is 24.3. The highest BCUT2D eigenvalue weighted by Gasteiger charge is 2.52. The molecule has 1 heterocycles. The Morgan fingerprint density at radius 3 is 2.36 bits per heavy atom. The number of hydrogen-bond acceptors (Lipinski definition) is 4. The molecule has 6 nitrogen and oxygen atoms in total. The second kappa shape index (κ2) is 10.2. The maximum absolute atomic E-state index is 13.7. The molecule has 9 heteroatoms. The second-order valence-electron chi connectivity index (χ2n) is 9.52. The van der Waals surface area contributed by atoms with E-state index in [0.29, 0.717) is 56.3 Å². The zero-order valence-electron chi connectivity index (χ0n) is 19.1. The number of rotatable bonds is 4. The van der Waals surface area contributed by atoms with Crippen LogP contribution in [0, 0.1) is 52.3 Å². The van der Waals surface area contributed by atoms with Crippen LogP contribution in [0.15, 0.2) is 11.3 Å². The first-order valence-corrected chi connectivity index (χ1v) is 11.8. The molecule has 0 saturated heterocycles. The van der Waals surface area contributed by atoms with Gasteiger partial charge in [-0.1, -0.05) is 6.42 Å². The molecule has 0 aromatic carbocycles. The van der Waals surface area contributed by atoms with E-state index < -0.39 is 41.8 Å².